The number of nitrogens with one attached hydrogen (secondary N) is 4. The molecule has 0 aromatic carbocycles. The first kappa shape index (κ1) is 110. The number of ether oxygens (including phenoxy) is 12. The van der Waals surface area contributed by atoms with E-state index in [1.165, 1.54) is 102 Å². The lowest BCUT2D eigenvalue weighted by Gasteiger charge is -2.52. The third-order valence-electron chi connectivity index (χ3n) is 24.0. The van der Waals surface area contributed by atoms with Gasteiger partial charge in [-0.05, 0) is 19.3 Å². The van der Waals surface area contributed by atoms with E-state index >= 15 is 0 Å². The highest BCUT2D eigenvalue weighted by Crippen LogP contribution is 2.43. The molecule has 42 nitrogen and oxygen atoms in total. The van der Waals surface area contributed by atoms with Gasteiger partial charge in [0.2, 0.25) is 23.6 Å². The maximum atomic E-state index is 14.0. The summed E-state index contributed by atoms with van der Waals surface area (Å²) in [6, 6.07) is -6.52. The minimum absolute atomic E-state index is 0.108. The molecule has 6 rings (SSSR count). The summed E-state index contributed by atoms with van der Waals surface area (Å²) >= 11 is 0. The van der Waals surface area contributed by atoms with Crippen molar-refractivity contribution in [3.8, 4) is 0 Å². The molecule has 0 aromatic heterocycles. The highest BCUT2D eigenvalue weighted by atomic mass is 16.8. The van der Waals surface area contributed by atoms with Gasteiger partial charge < -0.3 is 180 Å². The largest absolute Gasteiger partial charge is 0.477 e. The van der Waals surface area contributed by atoms with Crippen molar-refractivity contribution in [1.29, 1.82) is 0 Å². The first-order chi connectivity index (χ1) is 60.1. The van der Waals surface area contributed by atoms with Gasteiger partial charge in [0.1, 0.15) is 116 Å². The van der Waals surface area contributed by atoms with Crippen LogP contribution in [-0.2, 0) is 85.6 Å². The monoisotopic (exact) mass is 1820 g/mol. The average molecular weight is 1820 g/mol. The summed E-state index contributed by atoms with van der Waals surface area (Å²) in [5.74, 6) is -14.0. The zero-order valence-electron chi connectivity index (χ0n) is 73.2. The summed E-state index contributed by atoms with van der Waals surface area (Å²) in [5, 5.41) is 235. The second kappa shape index (κ2) is 56.4. The molecule has 0 saturated carbocycles. The van der Waals surface area contributed by atoms with E-state index in [4.69, 9.17) is 56.8 Å². The summed E-state index contributed by atoms with van der Waals surface area (Å²) < 4.78 is 72.9. The molecule has 6 aliphatic heterocycles. The number of aliphatic hydroxyl groups excluding tert-OH is 18. The number of carboxylic acids is 2. The Balaban J connectivity index is 1.27. The van der Waals surface area contributed by atoms with Gasteiger partial charge in [0.15, 0.2) is 25.2 Å². The zero-order chi connectivity index (χ0) is 93.0. The van der Waals surface area contributed by atoms with Gasteiger partial charge in [-0.1, -0.05) is 180 Å². The van der Waals surface area contributed by atoms with Crippen molar-refractivity contribution < 1.29 is 188 Å². The molecule has 6 fully saturated rings. The molecule has 33 atom stereocenters. The topological polar surface area (TPSA) is 666 Å². The van der Waals surface area contributed by atoms with Crippen molar-refractivity contribution in [3.05, 3.63) is 12.2 Å². The highest BCUT2D eigenvalue weighted by Gasteiger charge is 2.64. The number of unbranched alkanes of at least 4 members (excludes halogenated alkanes) is 25. The molecule has 126 heavy (non-hydrogen) atoms. The normalized spacial score (nSPS) is 34.7. The first-order valence-electron chi connectivity index (χ1n) is 45.1. The Morgan fingerprint density at radius 1 is 0.437 bits per heavy atom. The molecule has 6 saturated heterocycles. The molecule has 10 unspecified atom stereocenters. The number of amides is 4. The van der Waals surface area contributed by atoms with Gasteiger partial charge in [-0.3, -0.25) is 19.2 Å². The van der Waals surface area contributed by atoms with Gasteiger partial charge in [0, 0.05) is 46.5 Å². The Morgan fingerprint density at radius 2 is 0.825 bits per heavy atom. The Morgan fingerprint density at radius 3 is 1.26 bits per heavy atom. The van der Waals surface area contributed by atoms with Crippen LogP contribution >= 0.6 is 0 Å². The number of aliphatic carboxylic acids is 2. The molecular weight excluding hydrogens is 1670 g/mol. The van der Waals surface area contributed by atoms with Crippen LogP contribution in [0.4, 0.5) is 0 Å². The van der Waals surface area contributed by atoms with Gasteiger partial charge in [-0.25, -0.2) is 9.59 Å². The van der Waals surface area contributed by atoms with Crippen LogP contribution < -0.4 is 21.3 Å². The molecule has 0 aliphatic carbocycles. The molecule has 6 aliphatic rings. The standard InChI is InChI=1S/C84H148N4O38/c1-6-8-10-12-14-16-18-20-21-23-25-27-29-31-33-35-60(103)88-50(51(98)34-32-30-28-26-24-22-19-17-15-13-11-9-7-2)45-115-78-68(108)66(106)71(57(42-92)118-78)121-80-70(110)76(126-84(82(113)114)38-53(100)62(86-47(4)96)75(125-84)65(105)55(102)41-91)73(59(44-94)120-80)122-77-63(87-48(5)97)56(36-49(39-89)116-77)117-79-69(109)67(107)72(58(43-93)119-79)123-83(81(111)112)37-52(99)61(85-46(3)95)74(124-83)64(104)54(101)40-90/h32,34,49-59,61-80,89-94,98-102,104-110H,6-31,33,35-45H2,1-5H3,(H,85,95)(H,86,96)(H,87,97)(H,88,103)(H,111,112)(H,113,114)/b34-32+/t49-,50+,51-,52-,53-,54-,55-,56?,57+,58+,59?,61-,62-,63?,64+,65+,66?,67?,68?,69?,70?,71-,72+,73+,74?,75?,76-,77-,78-,79-,80+,83-,84+/m1/s1. The summed E-state index contributed by atoms with van der Waals surface area (Å²) in [6.07, 6.45) is -27.3. The lowest BCUT2D eigenvalue weighted by molar-refractivity contribution is -0.401. The Hall–Kier alpha value is -4.64. The van der Waals surface area contributed by atoms with Crippen molar-refractivity contribution in [2.24, 2.45) is 0 Å². The quantitative estimate of drug-likeness (QED) is 0.0215. The number of carboxylic acid groups (broad SMARTS) is 2. The molecule has 4 amide bonds. The van der Waals surface area contributed by atoms with Crippen LogP contribution in [0.15, 0.2) is 12.2 Å². The van der Waals surface area contributed by atoms with Crippen LogP contribution in [-0.4, -0.2) is 385 Å². The van der Waals surface area contributed by atoms with Crippen LogP contribution in [0.25, 0.3) is 0 Å². The third kappa shape index (κ3) is 32.6. The van der Waals surface area contributed by atoms with E-state index in [9.17, 15) is 131 Å². The summed E-state index contributed by atoms with van der Waals surface area (Å²) in [7, 11) is 0. The molecular formula is C84H148N4O38. The molecule has 732 valence electrons. The lowest BCUT2D eigenvalue weighted by Crippen LogP contribution is -2.72. The number of carbonyl (C=O) groups is 6. The SMILES string of the molecule is CCCCCCCCCCCCC/C=C/[C@@H](O)[C@H](CO[C@@H]1O[C@@H](CO)[C@@H](O[C@@H]2OC(CO)[C@H](O[C@H]3O[C@@H](CO)CC(O[C@@H]4O[C@@H](CO)[C@H](O[C@]5(C(=O)O)C[C@@H](O)[C@@H](NC(C)=O)C([C@@H](O)[C@H](O)CO)O5)C(O)C4O)C3NC(C)=O)[C@H](O[C@]3(C(=O)O)C[C@@H](O)[C@@H](NC(C)=O)C([C@@H](O)[C@H](O)CO)O3)C2O)C(O)C1O)NC(=O)CCCCCCCCCCCCCCCCC. The van der Waals surface area contributed by atoms with E-state index in [0.29, 0.717) is 12.8 Å². The molecule has 6 heterocycles. The molecule has 0 aromatic rings. The van der Waals surface area contributed by atoms with Gasteiger partial charge in [0.25, 0.3) is 11.6 Å². The fourth-order valence-corrected chi connectivity index (χ4v) is 16.9. The summed E-state index contributed by atoms with van der Waals surface area (Å²) in [5.41, 5.74) is 0. The Bertz CT molecular complexity index is 3160. The summed E-state index contributed by atoms with van der Waals surface area (Å²) in [4.78, 5) is 79.2. The molecule has 0 spiro atoms. The number of hydrogen-bond donors (Lipinski definition) is 24. The maximum Gasteiger partial charge on any atom is 0.364 e. The van der Waals surface area contributed by atoms with Gasteiger partial charge >= 0.3 is 11.9 Å². The minimum Gasteiger partial charge on any atom is -0.477 e. The number of rotatable bonds is 59. The number of allylic oxidation sites excluding steroid dienone is 1. The Labute approximate surface area is 735 Å². The average Bonchev–Trinajstić information content (AvgIpc) is 0.754. The van der Waals surface area contributed by atoms with E-state index < -0.39 is 302 Å². The third-order valence-corrected chi connectivity index (χ3v) is 24.0. The lowest BCUT2D eigenvalue weighted by atomic mass is 9.88. The number of carbonyl (C=O) groups excluding carboxylic acids is 4. The molecule has 0 bridgehead atoms. The van der Waals surface area contributed by atoms with Crippen LogP contribution in [0, 0.1) is 0 Å². The predicted molar refractivity (Wildman–Crippen MR) is 438 cm³/mol. The van der Waals surface area contributed by atoms with Crippen molar-refractivity contribution in [2.45, 2.75) is 435 Å². The van der Waals surface area contributed by atoms with E-state index in [-0.39, 0.29) is 6.42 Å². The second-order valence-corrected chi connectivity index (χ2v) is 34.1. The van der Waals surface area contributed by atoms with Gasteiger partial charge in [-0.15, -0.1) is 0 Å². The number of aliphatic hydroxyl groups is 18. The smallest absolute Gasteiger partial charge is 0.364 e. The predicted octanol–water partition coefficient (Wildman–Crippen LogP) is -2.84. The van der Waals surface area contributed by atoms with Crippen LogP contribution in [0.2, 0.25) is 0 Å². The van der Waals surface area contributed by atoms with Gasteiger partial charge in [0.05, 0.1) is 94.9 Å². The fraction of sp³-hybridized carbons (Fsp3) is 0.905. The van der Waals surface area contributed by atoms with Crippen molar-refractivity contribution in [1.82, 2.24) is 21.3 Å². The van der Waals surface area contributed by atoms with Crippen LogP contribution in [0.5, 0.6) is 0 Å². The molecule has 24 N–H and O–H groups in total. The van der Waals surface area contributed by atoms with Crippen LogP contribution in [0.3, 0.4) is 0 Å². The summed E-state index contributed by atoms with van der Waals surface area (Å²) in [6.45, 7) is -0.222. The minimum atomic E-state index is -3.44. The van der Waals surface area contributed by atoms with E-state index in [0.717, 1.165) is 85.0 Å². The van der Waals surface area contributed by atoms with E-state index in [1.54, 1.807) is 6.08 Å². The molecule has 42 heteroatoms. The number of hydrogen-bond acceptors (Lipinski definition) is 36. The maximum absolute atomic E-state index is 14.0. The van der Waals surface area contributed by atoms with E-state index in [2.05, 4.69) is 35.1 Å². The Kier molecular flexibility index (Phi) is 49.3. The van der Waals surface area contributed by atoms with Crippen molar-refractivity contribution >= 4 is 35.6 Å². The van der Waals surface area contributed by atoms with Gasteiger partial charge in [-0.2, -0.15) is 0 Å². The molecule has 0 radical (unpaired) electrons. The fourth-order valence-electron chi connectivity index (χ4n) is 16.9. The van der Waals surface area contributed by atoms with Crippen molar-refractivity contribution in [2.75, 3.05) is 46.2 Å². The zero-order valence-corrected chi connectivity index (χ0v) is 73.2. The van der Waals surface area contributed by atoms with Crippen molar-refractivity contribution in [3.63, 3.8) is 0 Å². The second-order valence-electron chi connectivity index (χ2n) is 34.1. The first-order valence-corrected chi connectivity index (χ1v) is 45.1. The van der Waals surface area contributed by atoms with E-state index in [1.807, 2.05) is 0 Å². The van der Waals surface area contributed by atoms with Crippen LogP contribution in [0.1, 0.15) is 234 Å². The highest BCUT2D eigenvalue weighted by molar-refractivity contribution is 5.78.